The summed E-state index contributed by atoms with van der Waals surface area (Å²) in [6.45, 7) is 15.8. The van der Waals surface area contributed by atoms with Crippen LogP contribution in [0.2, 0.25) is 0 Å². The van der Waals surface area contributed by atoms with Crippen molar-refractivity contribution in [1.82, 2.24) is 0 Å². The van der Waals surface area contributed by atoms with E-state index in [9.17, 15) is 0 Å². The van der Waals surface area contributed by atoms with Crippen LogP contribution in [-0.2, 0) is 0 Å². The highest BCUT2D eigenvalue weighted by Gasteiger charge is 2.05. The Bertz CT molecular complexity index is 1040. The fourth-order valence-electron chi connectivity index (χ4n) is 2.86. The van der Waals surface area contributed by atoms with Crippen LogP contribution < -0.4 is 10.4 Å². The molecule has 0 saturated heterocycles. The number of allylic oxidation sites excluding steroid dienone is 9. The minimum atomic E-state index is 0.867. The summed E-state index contributed by atoms with van der Waals surface area (Å²) >= 11 is 9.26. The van der Waals surface area contributed by atoms with Gasteiger partial charge in [0.2, 0.25) is 0 Å². The van der Waals surface area contributed by atoms with Crippen LogP contribution >= 0.6 is 25.3 Å². The number of fused-ring (bicyclic) bond motifs is 1. The van der Waals surface area contributed by atoms with Gasteiger partial charge in [-0.15, -0.1) is 25.3 Å². The van der Waals surface area contributed by atoms with Gasteiger partial charge in [-0.1, -0.05) is 80.3 Å². The second-order valence-corrected chi connectivity index (χ2v) is 7.85. The lowest BCUT2D eigenvalue weighted by molar-refractivity contribution is 1.16. The summed E-state index contributed by atoms with van der Waals surface area (Å²) in [5.41, 5.74) is 5.42. The molecule has 0 bridgehead atoms. The lowest BCUT2D eigenvalue weighted by Gasteiger charge is -2.09. The highest BCUT2D eigenvalue weighted by molar-refractivity contribution is 7.90. The summed E-state index contributed by atoms with van der Waals surface area (Å²) < 4.78 is 0. The number of hydrogen-bond acceptors (Lipinski definition) is 2. The van der Waals surface area contributed by atoms with Gasteiger partial charge >= 0.3 is 0 Å². The van der Waals surface area contributed by atoms with Crippen LogP contribution in [0.4, 0.5) is 0 Å². The first-order valence-corrected chi connectivity index (χ1v) is 10.2. The van der Waals surface area contributed by atoms with Crippen molar-refractivity contribution in [2.45, 2.75) is 26.7 Å². The zero-order valence-corrected chi connectivity index (χ0v) is 18.5. The molecular weight excluding hydrogens is 376 g/mol. The van der Waals surface area contributed by atoms with Gasteiger partial charge in [0.25, 0.3) is 0 Å². The summed E-state index contributed by atoms with van der Waals surface area (Å²) in [5.74, 6) is 0. The van der Waals surface area contributed by atoms with Crippen LogP contribution in [0.5, 0.6) is 0 Å². The van der Waals surface area contributed by atoms with E-state index in [1.807, 2.05) is 25.2 Å². The summed E-state index contributed by atoms with van der Waals surface area (Å²) in [6.07, 6.45) is 16.2. The minimum Gasteiger partial charge on any atom is -0.143 e. The molecule has 144 valence electrons. The van der Waals surface area contributed by atoms with Gasteiger partial charge in [0.05, 0.1) is 0 Å². The highest BCUT2D eigenvalue weighted by atomic mass is 32.1. The van der Waals surface area contributed by atoms with Crippen molar-refractivity contribution in [3.63, 3.8) is 0 Å². The van der Waals surface area contributed by atoms with Crippen molar-refractivity contribution in [3.05, 3.63) is 112 Å². The predicted molar refractivity (Wildman–Crippen MR) is 134 cm³/mol. The third-order valence-corrected chi connectivity index (χ3v) is 5.17. The fraction of sp³-hybridized carbons (Fsp3) is 0.154. The molecular formula is C26H28S2. The summed E-state index contributed by atoms with van der Waals surface area (Å²) in [5, 5.41) is 2.44. The molecule has 1 aromatic rings. The molecule has 0 unspecified atom stereocenters. The van der Waals surface area contributed by atoms with Crippen molar-refractivity contribution < 1.29 is 0 Å². The summed E-state index contributed by atoms with van der Waals surface area (Å²) in [4.78, 5) is 1.83. The maximum absolute atomic E-state index is 4.64. The molecule has 0 aromatic heterocycles. The van der Waals surface area contributed by atoms with Crippen molar-refractivity contribution in [2.24, 2.45) is 0 Å². The molecule has 1 aliphatic rings. The number of benzene rings is 1. The lowest BCUT2D eigenvalue weighted by atomic mass is 9.98. The Morgan fingerprint density at radius 2 is 1.89 bits per heavy atom. The Labute approximate surface area is 180 Å². The minimum absolute atomic E-state index is 0.867. The van der Waals surface area contributed by atoms with E-state index in [-0.39, 0.29) is 0 Å². The monoisotopic (exact) mass is 404 g/mol. The van der Waals surface area contributed by atoms with Gasteiger partial charge in [-0.05, 0) is 65.1 Å². The highest BCUT2D eigenvalue weighted by Crippen LogP contribution is 2.22. The number of hydrogen-bond donors (Lipinski definition) is 2. The lowest BCUT2D eigenvalue weighted by Crippen LogP contribution is -2.27. The third-order valence-electron chi connectivity index (χ3n) is 4.39. The van der Waals surface area contributed by atoms with Crippen molar-refractivity contribution in [2.75, 3.05) is 0 Å². The molecule has 0 radical (unpaired) electrons. The predicted octanol–water partition coefficient (Wildman–Crippen LogP) is 6.32. The molecule has 1 aromatic carbocycles. The molecule has 2 rings (SSSR count). The Morgan fingerprint density at radius 1 is 1.14 bits per heavy atom. The first-order valence-electron chi connectivity index (χ1n) is 9.34. The third kappa shape index (κ3) is 6.19. The maximum atomic E-state index is 4.64. The quantitative estimate of drug-likeness (QED) is 0.386. The fourth-order valence-corrected chi connectivity index (χ4v) is 3.54. The average molecular weight is 405 g/mol. The molecule has 0 fully saturated rings. The van der Waals surface area contributed by atoms with E-state index < -0.39 is 0 Å². The molecule has 0 aliphatic heterocycles. The zero-order chi connectivity index (χ0) is 20.7. The number of rotatable bonds is 7. The molecule has 0 heterocycles. The SMILES string of the molecule is C=C/C=C(\C=C1\C=c2ccc(/C(S)=C/C(=C)CC)cc2=CC1)C(/S)=C/C(=C)C. The van der Waals surface area contributed by atoms with Crippen molar-refractivity contribution in [3.8, 4) is 0 Å². The average Bonchev–Trinajstić information content (AvgIpc) is 2.66. The van der Waals surface area contributed by atoms with Crippen LogP contribution in [0.1, 0.15) is 32.3 Å². The maximum Gasteiger partial charge on any atom is 0.0115 e. The van der Waals surface area contributed by atoms with Crippen molar-refractivity contribution >= 4 is 42.3 Å². The molecule has 28 heavy (non-hydrogen) atoms. The molecule has 0 amide bonds. The van der Waals surface area contributed by atoms with Gasteiger partial charge < -0.3 is 0 Å². The van der Waals surface area contributed by atoms with E-state index in [1.54, 1.807) is 6.08 Å². The Kier molecular flexibility index (Phi) is 8.22. The summed E-state index contributed by atoms with van der Waals surface area (Å²) in [7, 11) is 0. The van der Waals surface area contributed by atoms with E-state index in [1.165, 1.54) is 16.0 Å². The number of thiol groups is 2. The van der Waals surface area contributed by atoms with Gasteiger partial charge in [0.15, 0.2) is 0 Å². The van der Waals surface area contributed by atoms with E-state index in [4.69, 9.17) is 0 Å². The first-order chi connectivity index (χ1) is 13.3. The zero-order valence-electron chi connectivity index (χ0n) is 16.7. The molecule has 0 saturated carbocycles. The first kappa shape index (κ1) is 22.1. The Hall–Kier alpha value is -2.16. The van der Waals surface area contributed by atoms with Gasteiger partial charge in [0, 0.05) is 9.81 Å². The second kappa shape index (κ2) is 10.4. The van der Waals surface area contributed by atoms with Crippen LogP contribution in [0.3, 0.4) is 0 Å². The molecule has 0 atom stereocenters. The van der Waals surface area contributed by atoms with E-state index in [0.717, 1.165) is 44.9 Å². The Balaban J connectivity index is 2.41. The molecule has 0 nitrogen and oxygen atoms in total. The second-order valence-electron chi connectivity index (χ2n) is 6.89. The van der Waals surface area contributed by atoms with Crippen LogP contribution in [0, 0.1) is 0 Å². The van der Waals surface area contributed by atoms with Gasteiger partial charge in [-0.3, -0.25) is 0 Å². The van der Waals surface area contributed by atoms with Gasteiger partial charge in [-0.25, -0.2) is 0 Å². The Morgan fingerprint density at radius 3 is 2.54 bits per heavy atom. The van der Waals surface area contributed by atoms with E-state index in [2.05, 4.69) is 88.3 Å². The molecule has 1 aliphatic carbocycles. The van der Waals surface area contributed by atoms with Crippen molar-refractivity contribution in [1.29, 1.82) is 0 Å². The van der Waals surface area contributed by atoms with Crippen LogP contribution in [0.15, 0.2) is 95.5 Å². The largest absolute Gasteiger partial charge is 0.143 e. The molecule has 2 heteroatoms. The van der Waals surface area contributed by atoms with Crippen LogP contribution in [-0.4, -0.2) is 0 Å². The van der Waals surface area contributed by atoms with Gasteiger partial charge in [0.1, 0.15) is 0 Å². The topological polar surface area (TPSA) is 0 Å². The summed E-state index contributed by atoms with van der Waals surface area (Å²) in [6, 6.07) is 6.45. The smallest absolute Gasteiger partial charge is 0.0115 e. The normalized spacial score (nSPS) is 16.1. The van der Waals surface area contributed by atoms with E-state index in [0.29, 0.717) is 0 Å². The molecule has 0 spiro atoms. The van der Waals surface area contributed by atoms with Gasteiger partial charge in [-0.2, -0.15) is 0 Å². The van der Waals surface area contributed by atoms with E-state index >= 15 is 0 Å². The van der Waals surface area contributed by atoms with Crippen LogP contribution in [0.25, 0.3) is 17.1 Å². The standard InChI is InChI=1S/C26H28S2/c1-6-8-23(25(27)13-18(3)4)16-20-9-10-22-17-24(12-11-21(22)15-20)26(28)14-19(5)7-2/h6,8,10-17,27-28H,1,3,5,7,9H2,2,4H3/b20-16+,23-8+,25-13-,26-14-. The molecule has 0 N–H and O–H groups in total.